The predicted molar refractivity (Wildman–Crippen MR) is 101 cm³/mol. The van der Waals surface area contributed by atoms with Gasteiger partial charge in [-0.15, -0.1) is 0 Å². The van der Waals surface area contributed by atoms with Crippen LogP contribution in [0.5, 0.6) is 5.75 Å². The zero-order chi connectivity index (χ0) is 18.4. The van der Waals surface area contributed by atoms with Crippen LogP contribution in [0.1, 0.15) is 37.2 Å². The smallest absolute Gasteiger partial charge is 0.237 e. The fraction of sp³-hybridized carbons (Fsp3) is 0.364. The molecule has 2 aliphatic heterocycles. The third kappa shape index (κ3) is 2.52. The normalized spacial score (nSPS) is 31.0. The molecule has 0 radical (unpaired) electrons. The lowest BCUT2D eigenvalue weighted by Gasteiger charge is -2.55. The predicted octanol–water partition coefficient (Wildman–Crippen LogP) is 3.43. The van der Waals surface area contributed by atoms with Crippen LogP contribution in [0.3, 0.4) is 0 Å². The van der Waals surface area contributed by atoms with Gasteiger partial charge >= 0.3 is 0 Å². The highest BCUT2D eigenvalue weighted by Crippen LogP contribution is 2.55. The molecule has 0 unspecified atom stereocenters. The lowest BCUT2D eigenvalue weighted by molar-refractivity contribution is -0.160. The average molecular weight is 362 g/mol. The molecule has 2 heterocycles. The van der Waals surface area contributed by atoms with Crippen molar-refractivity contribution < 1.29 is 14.3 Å². The summed E-state index contributed by atoms with van der Waals surface area (Å²) in [6.07, 6.45) is 3.86. The summed E-state index contributed by atoms with van der Waals surface area (Å²) in [4.78, 5) is 26.2. The average Bonchev–Trinajstić information content (AvgIpc) is 2.67. The molecule has 27 heavy (non-hydrogen) atoms. The maximum absolute atomic E-state index is 13.1. The van der Waals surface area contributed by atoms with Gasteiger partial charge in [0, 0.05) is 23.9 Å². The number of fused-ring (bicyclic) bond motifs is 2. The van der Waals surface area contributed by atoms with Gasteiger partial charge in [0.25, 0.3) is 0 Å². The van der Waals surface area contributed by atoms with Gasteiger partial charge in [0.1, 0.15) is 11.7 Å². The van der Waals surface area contributed by atoms with E-state index in [1.807, 2.05) is 54.6 Å². The molecule has 2 fully saturated rings. The fourth-order valence-electron chi connectivity index (χ4n) is 5.09. The summed E-state index contributed by atoms with van der Waals surface area (Å²) >= 11 is 0. The van der Waals surface area contributed by atoms with Gasteiger partial charge in [-0.1, -0.05) is 42.8 Å². The van der Waals surface area contributed by atoms with E-state index in [0.29, 0.717) is 5.69 Å². The zero-order valence-corrected chi connectivity index (χ0v) is 15.0. The van der Waals surface area contributed by atoms with E-state index in [0.717, 1.165) is 37.0 Å². The van der Waals surface area contributed by atoms with Gasteiger partial charge < -0.3 is 15.4 Å². The zero-order valence-electron chi connectivity index (χ0n) is 15.0. The number of hydrogen-bond acceptors (Lipinski definition) is 3. The number of nitrogens with one attached hydrogen (secondary N) is 2. The number of ether oxygens (including phenoxy) is 1. The molecule has 2 N–H and O–H groups in total. The minimum Gasteiger partial charge on any atom is -0.467 e. The Morgan fingerprint density at radius 1 is 1.07 bits per heavy atom. The summed E-state index contributed by atoms with van der Waals surface area (Å²) in [6, 6.07) is 17.1. The molecule has 1 aliphatic carbocycles. The Morgan fingerprint density at radius 3 is 2.70 bits per heavy atom. The van der Waals surface area contributed by atoms with Crippen LogP contribution in [-0.4, -0.2) is 17.5 Å². The van der Waals surface area contributed by atoms with Crippen LogP contribution in [0.2, 0.25) is 0 Å². The van der Waals surface area contributed by atoms with E-state index in [9.17, 15) is 9.59 Å². The lowest BCUT2D eigenvalue weighted by Crippen LogP contribution is -2.69. The van der Waals surface area contributed by atoms with Gasteiger partial charge in [-0.2, -0.15) is 0 Å². The number of anilines is 1. The van der Waals surface area contributed by atoms with E-state index in [4.69, 9.17) is 4.74 Å². The van der Waals surface area contributed by atoms with Crippen LogP contribution < -0.4 is 15.4 Å². The molecule has 2 amide bonds. The standard InChI is InChI=1S/C22H22N2O3/c25-20(23-14-8-2-1-3-9-14)19-18-15-10-4-5-12-17(15)27-22(24-21(19)26)13-7-6-11-16(18)22/h1-5,8-10,12,16,18-19H,6-7,11,13H2,(H,23,25)(H,24,26)/t16-,18+,19-,22-/m1/s1. The third-order valence-corrected chi connectivity index (χ3v) is 6.22. The molecule has 5 heteroatoms. The fourth-order valence-corrected chi connectivity index (χ4v) is 5.09. The molecule has 5 rings (SSSR count). The number of amides is 2. The summed E-state index contributed by atoms with van der Waals surface area (Å²) < 4.78 is 6.35. The van der Waals surface area contributed by atoms with Crippen molar-refractivity contribution in [1.29, 1.82) is 0 Å². The van der Waals surface area contributed by atoms with Gasteiger partial charge in [0.05, 0.1) is 0 Å². The van der Waals surface area contributed by atoms with Crippen LogP contribution in [0, 0.1) is 11.8 Å². The molecule has 138 valence electrons. The van der Waals surface area contributed by atoms with Crippen molar-refractivity contribution in [2.75, 3.05) is 5.32 Å². The van der Waals surface area contributed by atoms with E-state index in [-0.39, 0.29) is 23.7 Å². The minimum absolute atomic E-state index is 0.116. The monoisotopic (exact) mass is 362 g/mol. The van der Waals surface area contributed by atoms with E-state index < -0.39 is 11.6 Å². The quantitative estimate of drug-likeness (QED) is 0.805. The van der Waals surface area contributed by atoms with Gasteiger partial charge in [-0.25, -0.2) is 0 Å². The topological polar surface area (TPSA) is 67.4 Å². The number of para-hydroxylation sites is 2. The number of hydrogen-bond donors (Lipinski definition) is 2. The Kier molecular flexibility index (Phi) is 3.71. The first-order chi connectivity index (χ1) is 13.2. The largest absolute Gasteiger partial charge is 0.467 e. The van der Waals surface area contributed by atoms with Crippen LogP contribution in [-0.2, 0) is 9.59 Å². The molecule has 1 saturated carbocycles. The van der Waals surface area contributed by atoms with E-state index in [2.05, 4.69) is 10.6 Å². The summed E-state index contributed by atoms with van der Waals surface area (Å²) in [6.45, 7) is 0. The van der Waals surface area contributed by atoms with Crippen LogP contribution in [0.25, 0.3) is 0 Å². The molecule has 0 aromatic heterocycles. The highest BCUT2D eigenvalue weighted by Gasteiger charge is 2.60. The third-order valence-electron chi connectivity index (χ3n) is 6.22. The van der Waals surface area contributed by atoms with E-state index >= 15 is 0 Å². The second-order valence-electron chi connectivity index (χ2n) is 7.73. The molecule has 2 bridgehead atoms. The van der Waals surface area contributed by atoms with Crippen molar-refractivity contribution in [1.82, 2.24) is 5.32 Å². The molecule has 0 spiro atoms. The summed E-state index contributed by atoms with van der Waals surface area (Å²) in [7, 11) is 0. The SMILES string of the molecule is O=C(Nc1ccccc1)[C@@H]1C(=O)N[C@@]23CCCC[C@@H]2[C@@H]1c1ccccc1O3. The molecule has 4 atom stereocenters. The summed E-state index contributed by atoms with van der Waals surface area (Å²) in [5, 5.41) is 6.03. The first kappa shape index (κ1) is 16.4. The maximum atomic E-state index is 13.1. The molecule has 3 aliphatic rings. The Balaban J connectivity index is 1.57. The number of benzene rings is 2. The Morgan fingerprint density at radius 2 is 1.85 bits per heavy atom. The summed E-state index contributed by atoms with van der Waals surface area (Å²) in [5.41, 5.74) is 1.01. The number of carbonyl (C=O) groups excluding carboxylic acids is 2. The summed E-state index contributed by atoms with van der Waals surface area (Å²) in [5.74, 6) is -0.497. The first-order valence-corrected chi connectivity index (χ1v) is 9.64. The highest BCUT2D eigenvalue weighted by atomic mass is 16.5. The Bertz CT molecular complexity index is 897. The minimum atomic E-state index is -0.758. The van der Waals surface area contributed by atoms with Crippen LogP contribution in [0.15, 0.2) is 54.6 Å². The van der Waals surface area contributed by atoms with Crippen LogP contribution >= 0.6 is 0 Å². The Labute approximate surface area is 158 Å². The van der Waals surface area contributed by atoms with Crippen LogP contribution in [0.4, 0.5) is 5.69 Å². The molecular formula is C22H22N2O3. The Hall–Kier alpha value is -2.82. The highest BCUT2D eigenvalue weighted by molar-refractivity contribution is 6.08. The van der Waals surface area contributed by atoms with Gasteiger partial charge in [0.2, 0.25) is 11.8 Å². The second-order valence-corrected chi connectivity index (χ2v) is 7.73. The second kappa shape index (κ2) is 6.12. The number of piperidine rings is 1. The van der Waals surface area contributed by atoms with Gasteiger partial charge in [-0.05, 0) is 36.6 Å². The number of carbonyl (C=O) groups is 2. The molecule has 1 saturated heterocycles. The van der Waals surface area contributed by atoms with E-state index in [1.54, 1.807) is 0 Å². The molecular weight excluding hydrogens is 340 g/mol. The van der Waals surface area contributed by atoms with Crippen molar-refractivity contribution in [3.05, 3.63) is 60.2 Å². The molecule has 2 aromatic rings. The van der Waals surface area contributed by atoms with Crippen molar-refractivity contribution >= 4 is 17.5 Å². The molecule has 2 aromatic carbocycles. The van der Waals surface area contributed by atoms with Crippen molar-refractivity contribution in [3.8, 4) is 5.75 Å². The first-order valence-electron chi connectivity index (χ1n) is 9.64. The van der Waals surface area contributed by atoms with Gasteiger partial charge in [0.15, 0.2) is 5.72 Å². The molecule has 5 nitrogen and oxygen atoms in total. The van der Waals surface area contributed by atoms with E-state index in [1.165, 1.54) is 0 Å². The van der Waals surface area contributed by atoms with Gasteiger partial charge in [-0.3, -0.25) is 9.59 Å². The van der Waals surface area contributed by atoms with Crippen molar-refractivity contribution in [3.63, 3.8) is 0 Å². The van der Waals surface area contributed by atoms with Crippen molar-refractivity contribution in [2.45, 2.75) is 37.3 Å². The number of rotatable bonds is 2. The van der Waals surface area contributed by atoms with Crippen molar-refractivity contribution in [2.24, 2.45) is 11.8 Å². The lowest BCUT2D eigenvalue weighted by atomic mass is 9.62. The maximum Gasteiger partial charge on any atom is 0.237 e.